The van der Waals surface area contributed by atoms with Crippen LogP contribution in [0.2, 0.25) is 0 Å². The van der Waals surface area contributed by atoms with Crippen molar-refractivity contribution in [3.8, 4) is 0 Å². The summed E-state index contributed by atoms with van der Waals surface area (Å²) in [4.78, 5) is 48.3. The number of aliphatic hydroxyl groups is 4. The van der Waals surface area contributed by atoms with Gasteiger partial charge in [-0.05, 0) is 6.07 Å². The third-order valence-corrected chi connectivity index (χ3v) is 7.32. The van der Waals surface area contributed by atoms with E-state index in [9.17, 15) is 39.5 Å². The number of aromatic amines is 1. The predicted octanol–water partition coefficient (Wildman–Crippen LogP) is -3.93. The molecular weight excluding hydrogens is 577 g/mol. The topological polar surface area (TPSA) is 341 Å². The number of nitrogen functional groups attached to an aromatic ring is 2. The quantitative estimate of drug-likeness (QED) is 0.111. The molecule has 0 spiro atoms. The molecule has 0 radical (unpaired) electrons. The highest BCUT2D eigenvalue weighted by molar-refractivity contribution is 7.47. The summed E-state index contributed by atoms with van der Waals surface area (Å²) in [5, 5.41) is 41.0. The van der Waals surface area contributed by atoms with Crippen LogP contribution >= 0.6 is 7.82 Å². The second-order valence-electron chi connectivity index (χ2n) is 8.94. The Balaban J connectivity index is 0.00000387. The number of imidazole rings is 1. The van der Waals surface area contributed by atoms with Crippen molar-refractivity contribution >= 4 is 30.8 Å². The van der Waals surface area contributed by atoms with Crippen molar-refractivity contribution in [2.24, 2.45) is 0 Å². The number of nitrogens with one attached hydrogen (secondary N) is 1. The Kier molecular flexibility index (Phi) is 8.59. The molecule has 5 rings (SSSR count). The Morgan fingerprint density at radius 2 is 1.76 bits per heavy atom. The summed E-state index contributed by atoms with van der Waals surface area (Å²) in [6.07, 6.45) is -9.89. The van der Waals surface area contributed by atoms with Crippen LogP contribution in [0.5, 0.6) is 0 Å². The first kappa shape index (κ1) is 30.6. The van der Waals surface area contributed by atoms with Crippen molar-refractivity contribution in [2.45, 2.75) is 49.1 Å². The highest BCUT2D eigenvalue weighted by Gasteiger charge is 2.50. The Hall–Kier alpha value is -3.34. The number of H-pyrrole nitrogens is 1. The normalized spacial score (nSPS) is 31.2. The van der Waals surface area contributed by atoms with Crippen LogP contribution in [0.1, 0.15) is 12.5 Å². The molecule has 21 nitrogen and oxygen atoms in total. The lowest BCUT2D eigenvalue weighted by molar-refractivity contribution is -0.0635. The molecule has 0 saturated carbocycles. The number of nitrogens with two attached hydrogens (primary N) is 2. The molecule has 0 amide bonds. The fraction of sp³-hybridized carbons (Fsp3) is 0.526. The van der Waals surface area contributed by atoms with Crippen LogP contribution in [-0.4, -0.2) is 104 Å². The summed E-state index contributed by atoms with van der Waals surface area (Å²) >= 11 is 0. The molecule has 3 aromatic rings. The van der Waals surface area contributed by atoms with Gasteiger partial charge in [0, 0.05) is 6.20 Å². The molecule has 13 N–H and O–H groups in total. The van der Waals surface area contributed by atoms with Crippen molar-refractivity contribution in [1.82, 2.24) is 35.2 Å². The fourth-order valence-corrected chi connectivity index (χ4v) is 5.34. The highest BCUT2D eigenvalue weighted by Crippen LogP contribution is 2.49. The number of nitrogens with zero attached hydrogens (tertiary/aromatic N) is 5. The van der Waals surface area contributed by atoms with Crippen LogP contribution in [0, 0.1) is 0 Å². The number of fused-ring (bicyclic) bond motifs is 1. The molecule has 3 aromatic heterocycles. The number of phosphoric ester groups is 1. The van der Waals surface area contributed by atoms with Gasteiger partial charge in [0.2, 0.25) is 5.95 Å². The molecule has 2 aliphatic rings. The Bertz CT molecular complexity index is 1560. The van der Waals surface area contributed by atoms with Gasteiger partial charge in [0.05, 0.1) is 19.5 Å². The third-order valence-electron chi connectivity index (χ3n) is 6.34. The summed E-state index contributed by atoms with van der Waals surface area (Å²) in [6.45, 7) is -1.52. The van der Waals surface area contributed by atoms with Gasteiger partial charge in [-0.3, -0.25) is 28.0 Å². The second-order valence-corrected chi connectivity index (χ2v) is 10.3. The molecule has 2 aliphatic heterocycles. The molecule has 2 saturated heterocycles. The zero-order valence-electron chi connectivity index (χ0n) is 20.9. The molecule has 2 fully saturated rings. The second kappa shape index (κ2) is 11.5. The minimum absolute atomic E-state index is 0. The maximum Gasteiger partial charge on any atom is 0.472 e. The zero-order chi connectivity index (χ0) is 28.9. The van der Waals surface area contributed by atoms with E-state index in [4.69, 9.17) is 30.0 Å². The maximum atomic E-state index is 12.8. The lowest BCUT2D eigenvalue weighted by Gasteiger charge is -2.25. The van der Waals surface area contributed by atoms with Gasteiger partial charge in [-0.15, -0.1) is 0 Å². The third kappa shape index (κ3) is 5.73. The van der Waals surface area contributed by atoms with E-state index in [1.54, 1.807) is 0 Å². The van der Waals surface area contributed by atoms with E-state index in [2.05, 4.69) is 19.9 Å². The number of ether oxygens (including phenoxy) is 2. The van der Waals surface area contributed by atoms with E-state index < -0.39 is 81.4 Å². The van der Waals surface area contributed by atoms with Crippen LogP contribution in [-0.2, 0) is 23.1 Å². The Morgan fingerprint density at radius 3 is 2.44 bits per heavy atom. The van der Waals surface area contributed by atoms with Crippen molar-refractivity contribution in [2.75, 3.05) is 24.7 Å². The van der Waals surface area contributed by atoms with E-state index in [-0.39, 0.29) is 29.1 Å². The number of aliphatic hydroxyl groups excluding tert-OH is 4. The van der Waals surface area contributed by atoms with E-state index in [0.29, 0.717) is 0 Å². The van der Waals surface area contributed by atoms with Gasteiger partial charge in [0.15, 0.2) is 23.6 Å². The molecule has 41 heavy (non-hydrogen) atoms. The summed E-state index contributed by atoms with van der Waals surface area (Å²) in [5.74, 6) is -0.347. The Labute approximate surface area is 228 Å². The standard InChI is InChI=1S/C19H25N8O12P.H3N/c20-8-1-2-26(19(33)23-8)17-13(11(30)6(3-28)37-17)39-40(34,35)36-4-7-10(29)12(31)16(38-7)27-5-22-9-14(27)24-18(21)25-15(9)32;/h1-2,5-7,10-13,16-17,28-31H,3-4H2,(H,34,35)(H2,20,23,33)(H3,21,24,25,32);1H3. The maximum absolute atomic E-state index is 12.8. The van der Waals surface area contributed by atoms with Gasteiger partial charge in [-0.1, -0.05) is 0 Å². The predicted molar refractivity (Wildman–Crippen MR) is 134 cm³/mol. The molecule has 9 unspecified atom stereocenters. The minimum atomic E-state index is -5.08. The molecule has 0 bridgehead atoms. The SMILES string of the molecule is N.Nc1ccn(C2OC(CO)C(O)C2OP(=O)(O)OCC2OC(n3cnc4c(=O)[nH]c(N)nc43)C(O)C2O)c(=O)n1. The smallest absolute Gasteiger partial charge is 0.394 e. The van der Waals surface area contributed by atoms with Gasteiger partial charge in [0.25, 0.3) is 5.56 Å². The van der Waals surface area contributed by atoms with Crippen molar-refractivity contribution < 1.29 is 48.4 Å². The molecular formula is C19H28N9O12P. The molecule has 0 aromatic carbocycles. The fourth-order valence-electron chi connectivity index (χ4n) is 4.40. The number of hydrogen-bond acceptors (Lipinski definition) is 17. The largest absolute Gasteiger partial charge is 0.472 e. The monoisotopic (exact) mass is 605 g/mol. The van der Waals surface area contributed by atoms with Crippen molar-refractivity contribution in [1.29, 1.82) is 0 Å². The number of anilines is 2. The summed E-state index contributed by atoms with van der Waals surface area (Å²) in [6, 6.07) is 1.24. The first-order valence-electron chi connectivity index (χ1n) is 11.6. The number of rotatable bonds is 8. The number of aromatic nitrogens is 6. The molecule has 9 atom stereocenters. The lowest BCUT2D eigenvalue weighted by Crippen LogP contribution is -2.38. The number of phosphoric acid groups is 1. The van der Waals surface area contributed by atoms with Gasteiger partial charge in [-0.25, -0.2) is 14.3 Å². The van der Waals surface area contributed by atoms with E-state index in [1.165, 1.54) is 6.07 Å². The van der Waals surface area contributed by atoms with Crippen LogP contribution in [0.15, 0.2) is 28.2 Å². The lowest BCUT2D eigenvalue weighted by atomic mass is 10.1. The minimum Gasteiger partial charge on any atom is -0.394 e. The molecule has 0 aliphatic carbocycles. The van der Waals surface area contributed by atoms with Crippen molar-refractivity contribution in [3.05, 3.63) is 39.4 Å². The van der Waals surface area contributed by atoms with E-state index in [1.807, 2.05) is 0 Å². The van der Waals surface area contributed by atoms with Gasteiger partial charge >= 0.3 is 13.5 Å². The van der Waals surface area contributed by atoms with Crippen LogP contribution in [0.25, 0.3) is 11.2 Å². The van der Waals surface area contributed by atoms with Crippen molar-refractivity contribution in [3.63, 3.8) is 0 Å². The first-order valence-corrected chi connectivity index (χ1v) is 13.1. The summed E-state index contributed by atoms with van der Waals surface area (Å²) in [5.41, 5.74) is 9.30. The van der Waals surface area contributed by atoms with Crippen LogP contribution < -0.4 is 28.9 Å². The van der Waals surface area contributed by atoms with E-state index >= 15 is 0 Å². The van der Waals surface area contributed by atoms with Crippen LogP contribution in [0.3, 0.4) is 0 Å². The summed E-state index contributed by atoms with van der Waals surface area (Å²) < 4.78 is 35.9. The molecule has 226 valence electrons. The first-order chi connectivity index (χ1) is 18.9. The average Bonchev–Trinajstić information content (AvgIpc) is 3.53. The zero-order valence-corrected chi connectivity index (χ0v) is 21.8. The summed E-state index contributed by atoms with van der Waals surface area (Å²) in [7, 11) is -5.08. The van der Waals surface area contributed by atoms with Crippen LogP contribution in [0.4, 0.5) is 11.8 Å². The molecule has 5 heterocycles. The average molecular weight is 605 g/mol. The van der Waals surface area contributed by atoms with E-state index in [0.717, 1.165) is 21.7 Å². The van der Waals surface area contributed by atoms with Gasteiger partial charge in [-0.2, -0.15) is 9.97 Å². The number of hydrogen-bond donors (Lipinski definition) is 9. The van der Waals surface area contributed by atoms with Gasteiger partial charge < -0.3 is 52.4 Å². The highest BCUT2D eigenvalue weighted by atomic mass is 31.2. The molecule has 22 heteroatoms. The Morgan fingerprint density at radius 1 is 1.05 bits per heavy atom. The van der Waals surface area contributed by atoms with Gasteiger partial charge in [0.1, 0.15) is 42.4 Å².